The molecule has 1 unspecified atom stereocenters. The van der Waals surface area contributed by atoms with Crippen molar-refractivity contribution in [3.8, 4) is 0 Å². The SMILES string of the molecule is CON(C)C(=O)C1CCCN(CC2CC2)C1. The van der Waals surface area contributed by atoms with E-state index in [0.717, 1.165) is 31.8 Å². The number of nitrogens with zero attached hydrogens (tertiary/aromatic N) is 2. The zero-order valence-electron chi connectivity index (χ0n) is 10.3. The summed E-state index contributed by atoms with van der Waals surface area (Å²) in [6.45, 7) is 3.28. The number of hydrogen-bond acceptors (Lipinski definition) is 3. The molecule has 0 bridgehead atoms. The smallest absolute Gasteiger partial charge is 0.250 e. The van der Waals surface area contributed by atoms with Gasteiger partial charge in [-0.1, -0.05) is 0 Å². The Morgan fingerprint density at radius 3 is 2.81 bits per heavy atom. The maximum atomic E-state index is 12.0. The predicted octanol–water partition coefficient (Wildman–Crippen LogP) is 1.13. The molecule has 1 aliphatic heterocycles. The third-order valence-electron chi connectivity index (χ3n) is 3.65. The van der Waals surface area contributed by atoms with Gasteiger partial charge in [0, 0.05) is 20.1 Å². The van der Waals surface area contributed by atoms with E-state index >= 15 is 0 Å². The number of likely N-dealkylation sites (tertiary alicyclic amines) is 1. The van der Waals surface area contributed by atoms with Crippen LogP contribution >= 0.6 is 0 Å². The second-order valence-electron chi connectivity index (χ2n) is 5.06. The van der Waals surface area contributed by atoms with Crippen LogP contribution in [0.4, 0.5) is 0 Å². The molecule has 1 saturated heterocycles. The number of hydroxylamine groups is 2. The lowest BCUT2D eigenvalue weighted by molar-refractivity contribution is -0.175. The van der Waals surface area contributed by atoms with E-state index in [2.05, 4.69) is 4.90 Å². The summed E-state index contributed by atoms with van der Waals surface area (Å²) in [5, 5.41) is 1.37. The van der Waals surface area contributed by atoms with Crippen LogP contribution in [-0.4, -0.2) is 49.7 Å². The molecule has 92 valence electrons. The van der Waals surface area contributed by atoms with Crippen molar-refractivity contribution in [3.05, 3.63) is 0 Å². The van der Waals surface area contributed by atoms with Crippen molar-refractivity contribution in [3.63, 3.8) is 0 Å². The summed E-state index contributed by atoms with van der Waals surface area (Å²) in [4.78, 5) is 19.4. The molecule has 2 aliphatic rings. The van der Waals surface area contributed by atoms with Crippen LogP contribution in [0, 0.1) is 11.8 Å². The van der Waals surface area contributed by atoms with Crippen molar-refractivity contribution in [2.45, 2.75) is 25.7 Å². The van der Waals surface area contributed by atoms with Crippen molar-refractivity contribution in [1.82, 2.24) is 9.96 Å². The van der Waals surface area contributed by atoms with E-state index in [9.17, 15) is 4.79 Å². The minimum atomic E-state index is 0.128. The first kappa shape index (κ1) is 11.9. The molecule has 0 aromatic heterocycles. The summed E-state index contributed by atoms with van der Waals surface area (Å²) in [7, 11) is 3.24. The lowest BCUT2D eigenvalue weighted by Gasteiger charge is -2.33. The molecule has 4 nitrogen and oxygen atoms in total. The Bertz CT molecular complexity index is 253. The standard InChI is InChI=1S/C12H22N2O2/c1-13(16-2)12(15)11-4-3-7-14(9-11)8-10-5-6-10/h10-11H,3-9H2,1-2H3. The largest absolute Gasteiger partial charge is 0.302 e. The molecule has 0 radical (unpaired) electrons. The van der Waals surface area contributed by atoms with Crippen molar-refractivity contribution in [2.75, 3.05) is 33.8 Å². The molecule has 0 aromatic rings. The molecule has 4 heteroatoms. The summed E-state index contributed by atoms with van der Waals surface area (Å²) in [5.74, 6) is 1.18. The van der Waals surface area contributed by atoms with E-state index in [0.29, 0.717) is 0 Å². The van der Waals surface area contributed by atoms with Crippen LogP contribution < -0.4 is 0 Å². The zero-order chi connectivity index (χ0) is 11.5. The van der Waals surface area contributed by atoms with Gasteiger partial charge in [-0.25, -0.2) is 5.06 Å². The Labute approximate surface area is 97.5 Å². The molecule has 2 fully saturated rings. The van der Waals surface area contributed by atoms with Gasteiger partial charge >= 0.3 is 0 Å². The first-order valence-corrected chi connectivity index (χ1v) is 6.24. The molecule has 0 N–H and O–H groups in total. The first-order valence-electron chi connectivity index (χ1n) is 6.24. The zero-order valence-corrected chi connectivity index (χ0v) is 10.3. The van der Waals surface area contributed by atoms with Crippen LogP contribution in [0.5, 0.6) is 0 Å². The summed E-state index contributed by atoms with van der Waals surface area (Å²) in [5.41, 5.74) is 0. The van der Waals surface area contributed by atoms with E-state index in [1.54, 1.807) is 14.2 Å². The van der Waals surface area contributed by atoms with Gasteiger partial charge in [0.2, 0.25) is 5.91 Å². The normalized spacial score (nSPS) is 26.8. The average Bonchev–Trinajstić information content (AvgIpc) is 3.11. The van der Waals surface area contributed by atoms with E-state index in [-0.39, 0.29) is 11.8 Å². The van der Waals surface area contributed by atoms with Crippen LogP contribution in [-0.2, 0) is 9.63 Å². The monoisotopic (exact) mass is 226 g/mol. The van der Waals surface area contributed by atoms with Crippen molar-refractivity contribution in [2.24, 2.45) is 11.8 Å². The highest BCUT2D eigenvalue weighted by atomic mass is 16.7. The second kappa shape index (κ2) is 5.15. The summed E-state index contributed by atoms with van der Waals surface area (Å²) in [6, 6.07) is 0. The fourth-order valence-corrected chi connectivity index (χ4v) is 2.44. The third kappa shape index (κ3) is 2.95. The molecule has 0 aromatic carbocycles. The van der Waals surface area contributed by atoms with Crippen LogP contribution in [0.1, 0.15) is 25.7 Å². The molecular formula is C12H22N2O2. The summed E-state index contributed by atoms with van der Waals surface area (Å²) in [6.07, 6.45) is 4.91. The summed E-state index contributed by atoms with van der Waals surface area (Å²) >= 11 is 0. The van der Waals surface area contributed by atoms with Gasteiger partial charge < -0.3 is 4.90 Å². The van der Waals surface area contributed by atoms with Gasteiger partial charge in [-0.05, 0) is 38.1 Å². The number of piperidine rings is 1. The highest BCUT2D eigenvalue weighted by molar-refractivity contribution is 5.77. The first-order chi connectivity index (χ1) is 7.70. The van der Waals surface area contributed by atoms with Gasteiger partial charge in [-0.2, -0.15) is 0 Å². The van der Waals surface area contributed by atoms with Gasteiger partial charge in [0.15, 0.2) is 0 Å². The molecule has 1 atom stereocenters. The molecule has 1 amide bonds. The molecular weight excluding hydrogens is 204 g/mol. The molecule has 1 heterocycles. The fraction of sp³-hybridized carbons (Fsp3) is 0.917. The Kier molecular flexibility index (Phi) is 3.82. The number of amides is 1. The van der Waals surface area contributed by atoms with E-state index in [4.69, 9.17) is 4.84 Å². The Balaban J connectivity index is 1.82. The number of carbonyl (C=O) groups excluding carboxylic acids is 1. The van der Waals surface area contributed by atoms with E-state index in [1.165, 1.54) is 24.4 Å². The van der Waals surface area contributed by atoms with Gasteiger partial charge in [0.1, 0.15) is 0 Å². The maximum Gasteiger partial charge on any atom is 0.250 e. The van der Waals surface area contributed by atoms with Crippen molar-refractivity contribution < 1.29 is 9.63 Å². The van der Waals surface area contributed by atoms with E-state index in [1.807, 2.05) is 0 Å². The minimum absolute atomic E-state index is 0.128. The quantitative estimate of drug-likeness (QED) is 0.674. The van der Waals surface area contributed by atoms with Crippen LogP contribution in [0.3, 0.4) is 0 Å². The van der Waals surface area contributed by atoms with Crippen LogP contribution in [0.25, 0.3) is 0 Å². The van der Waals surface area contributed by atoms with Gasteiger partial charge in [-0.3, -0.25) is 9.63 Å². The van der Waals surface area contributed by atoms with Crippen LogP contribution in [0.2, 0.25) is 0 Å². The highest BCUT2D eigenvalue weighted by Gasteiger charge is 2.31. The maximum absolute atomic E-state index is 12.0. The van der Waals surface area contributed by atoms with Crippen LogP contribution in [0.15, 0.2) is 0 Å². The molecule has 0 spiro atoms. The third-order valence-corrected chi connectivity index (χ3v) is 3.65. The van der Waals surface area contributed by atoms with Gasteiger partial charge in [-0.15, -0.1) is 0 Å². The number of rotatable bonds is 4. The topological polar surface area (TPSA) is 32.8 Å². The van der Waals surface area contributed by atoms with Crippen molar-refractivity contribution in [1.29, 1.82) is 0 Å². The summed E-state index contributed by atoms with van der Waals surface area (Å²) < 4.78 is 0. The second-order valence-corrected chi connectivity index (χ2v) is 5.06. The molecule has 1 saturated carbocycles. The molecule has 1 aliphatic carbocycles. The number of carbonyl (C=O) groups is 1. The Hall–Kier alpha value is -0.610. The predicted molar refractivity (Wildman–Crippen MR) is 61.7 cm³/mol. The lowest BCUT2D eigenvalue weighted by atomic mass is 9.97. The fourth-order valence-electron chi connectivity index (χ4n) is 2.44. The minimum Gasteiger partial charge on any atom is -0.302 e. The molecule has 16 heavy (non-hydrogen) atoms. The number of hydrogen-bond donors (Lipinski definition) is 0. The highest BCUT2D eigenvalue weighted by Crippen LogP contribution is 2.31. The average molecular weight is 226 g/mol. The molecule has 2 rings (SSSR count). The van der Waals surface area contributed by atoms with E-state index < -0.39 is 0 Å². The van der Waals surface area contributed by atoms with Crippen molar-refractivity contribution >= 4 is 5.91 Å². The Morgan fingerprint density at radius 2 is 2.19 bits per heavy atom. The van der Waals surface area contributed by atoms with Gasteiger partial charge in [0.05, 0.1) is 13.0 Å². The Morgan fingerprint density at radius 1 is 1.44 bits per heavy atom. The lowest BCUT2D eigenvalue weighted by Crippen LogP contribution is -2.43. The van der Waals surface area contributed by atoms with Gasteiger partial charge in [0.25, 0.3) is 0 Å².